The third-order valence-electron chi connectivity index (χ3n) is 4.30. The standard InChI is InChI=1S/C21H26N2O5/c1-4-23(12-17(24)15-7-5-14(2)6-8-15)21(26)16-9-10-18(19(11-16)27-3)28-13-20(22)25/h5-11,17,24H,4,12-13H2,1-3H3,(H2,22,25). The lowest BCUT2D eigenvalue weighted by molar-refractivity contribution is -0.119. The van der Waals surface area contributed by atoms with Gasteiger partial charge in [-0.05, 0) is 37.6 Å². The molecule has 7 heteroatoms. The molecule has 3 N–H and O–H groups in total. The van der Waals surface area contributed by atoms with Crippen LogP contribution in [0.1, 0.15) is 34.5 Å². The van der Waals surface area contributed by atoms with Crippen molar-refractivity contribution in [1.29, 1.82) is 0 Å². The fourth-order valence-electron chi connectivity index (χ4n) is 2.71. The van der Waals surface area contributed by atoms with Crippen LogP contribution in [0, 0.1) is 6.92 Å². The van der Waals surface area contributed by atoms with Gasteiger partial charge < -0.3 is 25.2 Å². The summed E-state index contributed by atoms with van der Waals surface area (Å²) in [4.78, 5) is 25.3. The van der Waals surface area contributed by atoms with Crippen LogP contribution in [0.15, 0.2) is 42.5 Å². The first-order chi connectivity index (χ1) is 13.3. The molecule has 0 aromatic heterocycles. The van der Waals surface area contributed by atoms with Crippen molar-refractivity contribution < 1.29 is 24.2 Å². The second kappa shape index (κ2) is 9.75. The minimum Gasteiger partial charge on any atom is -0.493 e. The van der Waals surface area contributed by atoms with Crippen LogP contribution in [-0.4, -0.2) is 48.6 Å². The van der Waals surface area contributed by atoms with Crippen LogP contribution < -0.4 is 15.2 Å². The summed E-state index contributed by atoms with van der Waals surface area (Å²) in [5, 5.41) is 10.5. The molecule has 28 heavy (non-hydrogen) atoms. The van der Waals surface area contributed by atoms with E-state index in [-0.39, 0.29) is 19.1 Å². The molecule has 0 bridgehead atoms. The number of nitrogens with two attached hydrogens (primary N) is 1. The third-order valence-corrected chi connectivity index (χ3v) is 4.30. The number of amides is 2. The van der Waals surface area contributed by atoms with Gasteiger partial charge in [-0.15, -0.1) is 0 Å². The van der Waals surface area contributed by atoms with Gasteiger partial charge >= 0.3 is 0 Å². The number of aliphatic hydroxyl groups excluding tert-OH is 1. The summed E-state index contributed by atoms with van der Waals surface area (Å²) < 4.78 is 10.5. The Morgan fingerprint density at radius 2 is 1.82 bits per heavy atom. The molecule has 0 saturated carbocycles. The summed E-state index contributed by atoms with van der Waals surface area (Å²) in [5.41, 5.74) is 7.33. The number of likely N-dealkylation sites (N-methyl/N-ethyl adjacent to an activating group) is 1. The number of carbonyl (C=O) groups excluding carboxylic acids is 2. The Morgan fingerprint density at radius 1 is 1.14 bits per heavy atom. The summed E-state index contributed by atoms with van der Waals surface area (Å²) in [7, 11) is 1.44. The molecular weight excluding hydrogens is 360 g/mol. The Labute approximate surface area is 164 Å². The zero-order valence-electron chi connectivity index (χ0n) is 16.3. The van der Waals surface area contributed by atoms with E-state index < -0.39 is 12.0 Å². The average Bonchev–Trinajstić information content (AvgIpc) is 2.70. The number of hydrogen-bond donors (Lipinski definition) is 2. The Hall–Kier alpha value is -3.06. The lowest BCUT2D eigenvalue weighted by Gasteiger charge is -2.24. The van der Waals surface area contributed by atoms with Crippen molar-refractivity contribution in [3.8, 4) is 11.5 Å². The quantitative estimate of drug-likeness (QED) is 0.687. The van der Waals surface area contributed by atoms with Crippen LogP contribution in [0.4, 0.5) is 0 Å². The minimum atomic E-state index is -0.787. The van der Waals surface area contributed by atoms with Gasteiger partial charge in [-0.2, -0.15) is 0 Å². The zero-order valence-corrected chi connectivity index (χ0v) is 16.3. The highest BCUT2D eigenvalue weighted by Crippen LogP contribution is 2.29. The topological polar surface area (TPSA) is 102 Å². The first-order valence-electron chi connectivity index (χ1n) is 8.98. The predicted molar refractivity (Wildman–Crippen MR) is 105 cm³/mol. The van der Waals surface area contributed by atoms with Gasteiger partial charge in [0.05, 0.1) is 19.8 Å². The normalized spacial score (nSPS) is 11.6. The molecule has 1 unspecified atom stereocenters. The third kappa shape index (κ3) is 5.47. The Bertz CT molecular complexity index is 820. The van der Waals surface area contributed by atoms with E-state index in [0.717, 1.165) is 11.1 Å². The molecular formula is C21H26N2O5. The molecule has 0 heterocycles. The molecule has 0 aliphatic rings. The fraction of sp³-hybridized carbons (Fsp3) is 0.333. The highest BCUT2D eigenvalue weighted by Gasteiger charge is 2.20. The van der Waals surface area contributed by atoms with Crippen LogP contribution in [0.3, 0.4) is 0 Å². The maximum Gasteiger partial charge on any atom is 0.255 e. The minimum absolute atomic E-state index is 0.167. The number of carbonyl (C=O) groups is 2. The van der Waals surface area contributed by atoms with Crippen LogP contribution in [-0.2, 0) is 4.79 Å². The molecule has 0 aliphatic heterocycles. The highest BCUT2D eigenvalue weighted by atomic mass is 16.5. The number of primary amides is 1. The lowest BCUT2D eigenvalue weighted by atomic mass is 10.1. The predicted octanol–water partition coefficient (Wildman–Crippen LogP) is 2.06. The van der Waals surface area contributed by atoms with Gasteiger partial charge in [0.2, 0.25) is 0 Å². The van der Waals surface area contributed by atoms with Crippen molar-refractivity contribution in [2.24, 2.45) is 5.73 Å². The Kier molecular flexibility index (Phi) is 7.40. The van der Waals surface area contributed by atoms with Gasteiger partial charge in [0.25, 0.3) is 11.8 Å². The molecule has 2 rings (SSSR count). The first kappa shape index (κ1) is 21.2. The van der Waals surface area contributed by atoms with Crippen LogP contribution in [0.5, 0.6) is 11.5 Å². The Morgan fingerprint density at radius 3 is 2.39 bits per heavy atom. The summed E-state index contributed by atoms with van der Waals surface area (Å²) in [6.07, 6.45) is -0.787. The monoisotopic (exact) mass is 386 g/mol. The summed E-state index contributed by atoms with van der Waals surface area (Å²) in [5.74, 6) is -0.208. The average molecular weight is 386 g/mol. The van der Waals surface area contributed by atoms with Crippen LogP contribution >= 0.6 is 0 Å². The van der Waals surface area contributed by atoms with E-state index >= 15 is 0 Å². The van der Waals surface area contributed by atoms with Gasteiger partial charge in [0.1, 0.15) is 0 Å². The number of benzene rings is 2. The van der Waals surface area contributed by atoms with Gasteiger partial charge in [-0.3, -0.25) is 9.59 Å². The molecule has 0 spiro atoms. The van der Waals surface area contributed by atoms with E-state index in [1.807, 2.05) is 38.1 Å². The number of ether oxygens (including phenoxy) is 2. The van der Waals surface area contributed by atoms with E-state index in [2.05, 4.69) is 0 Å². The molecule has 0 aliphatic carbocycles. The summed E-state index contributed by atoms with van der Waals surface area (Å²) >= 11 is 0. The number of aliphatic hydroxyl groups is 1. The van der Waals surface area contributed by atoms with Gasteiger partial charge in [-0.1, -0.05) is 29.8 Å². The lowest BCUT2D eigenvalue weighted by Crippen LogP contribution is -2.34. The molecule has 2 aromatic carbocycles. The largest absolute Gasteiger partial charge is 0.493 e. The molecule has 2 amide bonds. The van der Waals surface area contributed by atoms with E-state index in [4.69, 9.17) is 15.2 Å². The van der Waals surface area contributed by atoms with Crippen LogP contribution in [0.25, 0.3) is 0 Å². The van der Waals surface area contributed by atoms with Crippen molar-refractivity contribution in [3.63, 3.8) is 0 Å². The fourth-order valence-corrected chi connectivity index (χ4v) is 2.71. The van der Waals surface area contributed by atoms with E-state index in [1.54, 1.807) is 23.1 Å². The molecule has 7 nitrogen and oxygen atoms in total. The second-order valence-electron chi connectivity index (χ2n) is 6.39. The van der Waals surface area contributed by atoms with Crippen molar-refractivity contribution in [2.45, 2.75) is 20.0 Å². The van der Waals surface area contributed by atoms with Crippen molar-refractivity contribution in [3.05, 3.63) is 59.2 Å². The Balaban J connectivity index is 2.15. The maximum absolute atomic E-state index is 12.9. The van der Waals surface area contributed by atoms with E-state index in [9.17, 15) is 14.7 Å². The van der Waals surface area contributed by atoms with Crippen LogP contribution in [0.2, 0.25) is 0 Å². The second-order valence-corrected chi connectivity index (χ2v) is 6.39. The molecule has 1 atom stereocenters. The van der Waals surface area contributed by atoms with E-state index in [1.165, 1.54) is 7.11 Å². The van der Waals surface area contributed by atoms with Crippen molar-refractivity contribution >= 4 is 11.8 Å². The molecule has 2 aromatic rings. The SMILES string of the molecule is CCN(CC(O)c1ccc(C)cc1)C(=O)c1ccc(OCC(N)=O)c(OC)c1. The van der Waals surface area contributed by atoms with E-state index in [0.29, 0.717) is 23.6 Å². The molecule has 0 fully saturated rings. The zero-order chi connectivity index (χ0) is 20.7. The molecule has 0 saturated heterocycles. The number of hydrogen-bond acceptors (Lipinski definition) is 5. The molecule has 0 radical (unpaired) electrons. The summed E-state index contributed by atoms with van der Waals surface area (Å²) in [6, 6.07) is 12.2. The number of methoxy groups -OCH3 is 1. The number of nitrogens with zero attached hydrogens (tertiary/aromatic N) is 1. The van der Waals surface area contributed by atoms with Crippen molar-refractivity contribution in [1.82, 2.24) is 4.90 Å². The number of aryl methyl sites for hydroxylation is 1. The first-order valence-corrected chi connectivity index (χ1v) is 8.98. The smallest absolute Gasteiger partial charge is 0.255 e. The highest BCUT2D eigenvalue weighted by molar-refractivity contribution is 5.95. The molecule has 150 valence electrons. The van der Waals surface area contributed by atoms with Gasteiger partial charge in [0, 0.05) is 12.1 Å². The van der Waals surface area contributed by atoms with Gasteiger partial charge in [-0.25, -0.2) is 0 Å². The maximum atomic E-state index is 12.9. The van der Waals surface area contributed by atoms with Gasteiger partial charge in [0.15, 0.2) is 18.1 Å². The van der Waals surface area contributed by atoms with Crippen molar-refractivity contribution in [2.75, 3.05) is 26.8 Å². The number of rotatable bonds is 9. The summed E-state index contributed by atoms with van der Waals surface area (Å²) in [6.45, 7) is 4.14.